The predicted octanol–water partition coefficient (Wildman–Crippen LogP) is 3.77. The average molecular weight is 466 g/mol. The minimum atomic E-state index is -3.76. The Morgan fingerprint density at radius 3 is 2.18 bits per heavy atom. The van der Waals surface area contributed by atoms with Crippen molar-refractivity contribution in [3.05, 3.63) is 83.9 Å². The molecule has 0 radical (unpaired) electrons. The molecule has 0 aliphatic carbocycles. The van der Waals surface area contributed by atoms with E-state index in [4.69, 9.17) is 4.74 Å². The Hall–Kier alpha value is -3.52. The van der Waals surface area contributed by atoms with Gasteiger partial charge in [0.2, 0.25) is 0 Å². The number of sulfonamides is 1. The Morgan fingerprint density at radius 1 is 0.909 bits per heavy atom. The zero-order chi connectivity index (χ0) is 23.4. The molecule has 1 N–H and O–H groups in total. The summed E-state index contributed by atoms with van der Waals surface area (Å²) in [6.45, 7) is 4.82. The number of amides is 1. The Bertz CT molecular complexity index is 1220. The van der Waals surface area contributed by atoms with E-state index in [1.54, 1.807) is 43.5 Å². The molecule has 1 saturated heterocycles. The van der Waals surface area contributed by atoms with Gasteiger partial charge in [0.15, 0.2) is 0 Å². The Morgan fingerprint density at radius 2 is 1.58 bits per heavy atom. The number of aryl methyl sites for hydroxylation is 1. The molecule has 0 atom stereocenters. The highest BCUT2D eigenvalue weighted by Gasteiger charge is 2.23. The summed E-state index contributed by atoms with van der Waals surface area (Å²) in [7, 11) is -2.22. The number of carbonyl (C=O) groups excluding carboxylic acids is 1. The summed E-state index contributed by atoms with van der Waals surface area (Å²) in [6.07, 6.45) is 0. The number of rotatable bonds is 6. The van der Waals surface area contributed by atoms with E-state index in [2.05, 4.69) is 34.7 Å². The summed E-state index contributed by atoms with van der Waals surface area (Å²) in [5, 5.41) is 0. The number of hydrogen-bond donors (Lipinski definition) is 1. The van der Waals surface area contributed by atoms with Crippen molar-refractivity contribution in [2.75, 3.05) is 42.9 Å². The molecule has 3 aromatic rings. The number of piperazine rings is 1. The van der Waals surface area contributed by atoms with Gasteiger partial charge in [0, 0.05) is 43.1 Å². The number of nitrogens with zero attached hydrogens (tertiary/aromatic N) is 2. The Balaban J connectivity index is 1.38. The van der Waals surface area contributed by atoms with Crippen LogP contribution in [0.2, 0.25) is 0 Å². The third-order valence-electron chi connectivity index (χ3n) is 5.69. The number of anilines is 2. The van der Waals surface area contributed by atoms with Crippen LogP contribution in [0.25, 0.3) is 0 Å². The first kappa shape index (κ1) is 22.7. The molecule has 1 amide bonds. The summed E-state index contributed by atoms with van der Waals surface area (Å²) in [5.41, 5.74) is 3.29. The lowest BCUT2D eigenvalue weighted by atomic mass is 10.1. The van der Waals surface area contributed by atoms with Gasteiger partial charge in [0.25, 0.3) is 15.9 Å². The highest BCUT2D eigenvalue weighted by molar-refractivity contribution is 7.92. The monoisotopic (exact) mass is 465 g/mol. The number of carbonyl (C=O) groups is 1. The fraction of sp³-hybridized carbons (Fsp3) is 0.240. The van der Waals surface area contributed by atoms with Crippen LogP contribution in [0.15, 0.2) is 77.7 Å². The van der Waals surface area contributed by atoms with Crippen molar-refractivity contribution in [3.63, 3.8) is 0 Å². The standard InChI is InChI=1S/C25H27N3O4S/c1-19-4-3-5-22(18-19)27-14-16-28(17-15-27)25(29)20-6-12-24(13-7-20)33(30,31)26-21-8-10-23(32-2)11-9-21/h3-13,18,26H,14-17H2,1-2H3. The second-order valence-corrected chi connectivity index (χ2v) is 9.66. The van der Waals surface area contributed by atoms with Crippen molar-refractivity contribution in [2.45, 2.75) is 11.8 Å². The van der Waals surface area contributed by atoms with Gasteiger partial charge in [0.1, 0.15) is 5.75 Å². The molecule has 0 spiro atoms. The van der Waals surface area contributed by atoms with Gasteiger partial charge >= 0.3 is 0 Å². The molecule has 1 fully saturated rings. The summed E-state index contributed by atoms with van der Waals surface area (Å²) >= 11 is 0. The van der Waals surface area contributed by atoms with Gasteiger partial charge in [-0.2, -0.15) is 0 Å². The third-order valence-corrected chi connectivity index (χ3v) is 7.08. The maximum Gasteiger partial charge on any atom is 0.261 e. The van der Waals surface area contributed by atoms with Crippen molar-refractivity contribution in [1.29, 1.82) is 0 Å². The molecule has 4 rings (SSSR count). The quantitative estimate of drug-likeness (QED) is 0.600. The largest absolute Gasteiger partial charge is 0.497 e. The van der Waals surface area contributed by atoms with E-state index in [1.807, 2.05) is 11.0 Å². The molecule has 8 heteroatoms. The third kappa shape index (κ3) is 5.28. The summed E-state index contributed by atoms with van der Waals surface area (Å²) < 4.78 is 33.0. The van der Waals surface area contributed by atoms with Crippen LogP contribution >= 0.6 is 0 Å². The lowest BCUT2D eigenvalue weighted by Gasteiger charge is -2.36. The van der Waals surface area contributed by atoms with Gasteiger partial charge in [-0.1, -0.05) is 12.1 Å². The number of benzene rings is 3. The normalized spacial score (nSPS) is 14.1. The van der Waals surface area contributed by atoms with Crippen LogP contribution in [0.1, 0.15) is 15.9 Å². The molecule has 172 valence electrons. The second kappa shape index (κ2) is 9.54. The topological polar surface area (TPSA) is 78.9 Å². The van der Waals surface area contributed by atoms with Crippen molar-refractivity contribution >= 4 is 27.3 Å². The van der Waals surface area contributed by atoms with Gasteiger partial charge in [-0.15, -0.1) is 0 Å². The van der Waals surface area contributed by atoms with Crippen LogP contribution < -0.4 is 14.4 Å². The van der Waals surface area contributed by atoms with E-state index in [-0.39, 0.29) is 10.8 Å². The highest BCUT2D eigenvalue weighted by atomic mass is 32.2. The SMILES string of the molecule is COc1ccc(NS(=O)(=O)c2ccc(C(=O)N3CCN(c4cccc(C)c4)CC3)cc2)cc1. The molecule has 33 heavy (non-hydrogen) atoms. The molecular formula is C25H27N3O4S. The maximum absolute atomic E-state index is 12.9. The van der Waals surface area contributed by atoms with E-state index in [1.165, 1.54) is 23.4 Å². The smallest absolute Gasteiger partial charge is 0.261 e. The van der Waals surface area contributed by atoms with Crippen LogP contribution in [-0.4, -0.2) is 52.5 Å². The number of hydrogen-bond acceptors (Lipinski definition) is 5. The van der Waals surface area contributed by atoms with Crippen LogP contribution in [0, 0.1) is 6.92 Å². The van der Waals surface area contributed by atoms with E-state index < -0.39 is 10.0 Å². The second-order valence-electron chi connectivity index (χ2n) is 7.98. The average Bonchev–Trinajstić information content (AvgIpc) is 2.84. The van der Waals surface area contributed by atoms with Crippen LogP contribution in [0.4, 0.5) is 11.4 Å². The molecule has 0 aromatic heterocycles. The lowest BCUT2D eigenvalue weighted by molar-refractivity contribution is 0.0746. The van der Waals surface area contributed by atoms with E-state index in [0.717, 1.165) is 13.1 Å². The van der Waals surface area contributed by atoms with E-state index in [0.29, 0.717) is 30.1 Å². The summed E-state index contributed by atoms with van der Waals surface area (Å²) in [6, 6.07) is 21.0. The zero-order valence-corrected chi connectivity index (χ0v) is 19.5. The Kier molecular flexibility index (Phi) is 6.55. The van der Waals surface area contributed by atoms with Gasteiger partial charge in [-0.05, 0) is 73.2 Å². The van der Waals surface area contributed by atoms with Crippen molar-refractivity contribution < 1.29 is 17.9 Å². The van der Waals surface area contributed by atoms with Gasteiger partial charge in [-0.3, -0.25) is 9.52 Å². The molecule has 1 aliphatic rings. The molecule has 0 bridgehead atoms. The van der Waals surface area contributed by atoms with Gasteiger partial charge < -0.3 is 14.5 Å². The molecule has 1 heterocycles. The molecule has 3 aromatic carbocycles. The first-order chi connectivity index (χ1) is 15.9. The van der Waals surface area contributed by atoms with Crippen molar-refractivity contribution in [3.8, 4) is 5.75 Å². The predicted molar refractivity (Wildman–Crippen MR) is 130 cm³/mol. The van der Waals surface area contributed by atoms with Crippen LogP contribution in [0.3, 0.4) is 0 Å². The molecule has 1 aliphatic heterocycles. The summed E-state index contributed by atoms with van der Waals surface area (Å²) in [4.78, 5) is 17.1. The van der Waals surface area contributed by atoms with Crippen LogP contribution in [0.5, 0.6) is 5.75 Å². The lowest BCUT2D eigenvalue weighted by Crippen LogP contribution is -2.48. The maximum atomic E-state index is 12.9. The van der Waals surface area contributed by atoms with Gasteiger partial charge in [0.05, 0.1) is 12.0 Å². The highest BCUT2D eigenvalue weighted by Crippen LogP contribution is 2.21. The number of methoxy groups -OCH3 is 1. The molecular weight excluding hydrogens is 438 g/mol. The van der Waals surface area contributed by atoms with E-state index >= 15 is 0 Å². The zero-order valence-electron chi connectivity index (χ0n) is 18.7. The van der Waals surface area contributed by atoms with Crippen molar-refractivity contribution in [1.82, 2.24) is 4.90 Å². The summed E-state index contributed by atoms with van der Waals surface area (Å²) in [5.74, 6) is 0.548. The minimum Gasteiger partial charge on any atom is -0.497 e. The fourth-order valence-corrected chi connectivity index (χ4v) is 4.88. The first-order valence-corrected chi connectivity index (χ1v) is 12.2. The number of ether oxygens (including phenoxy) is 1. The van der Waals surface area contributed by atoms with Crippen LogP contribution in [-0.2, 0) is 10.0 Å². The first-order valence-electron chi connectivity index (χ1n) is 10.7. The van der Waals surface area contributed by atoms with Gasteiger partial charge in [-0.25, -0.2) is 8.42 Å². The molecule has 7 nitrogen and oxygen atoms in total. The van der Waals surface area contributed by atoms with Crippen molar-refractivity contribution in [2.24, 2.45) is 0 Å². The molecule has 0 unspecified atom stereocenters. The minimum absolute atomic E-state index is 0.0917. The Labute approximate surface area is 194 Å². The molecule has 0 saturated carbocycles. The fourth-order valence-electron chi connectivity index (χ4n) is 3.82. The van der Waals surface area contributed by atoms with E-state index in [9.17, 15) is 13.2 Å². The number of nitrogens with one attached hydrogen (secondary N) is 1.